The summed E-state index contributed by atoms with van der Waals surface area (Å²) in [5.74, 6) is 1.68. The fourth-order valence-corrected chi connectivity index (χ4v) is 3.24. The lowest BCUT2D eigenvalue weighted by Crippen LogP contribution is -2.16. The molecule has 3 nitrogen and oxygen atoms in total. The van der Waals surface area contributed by atoms with Crippen LogP contribution in [0.25, 0.3) is 11.2 Å². The van der Waals surface area contributed by atoms with Crippen molar-refractivity contribution in [2.24, 2.45) is 0 Å². The molecule has 0 aliphatic heterocycles. The van der Waals surface area contributed by atoms with Gasteiger partial charge in [0.05, 0.1) is 0 Å². The maximum atomic E-state index is 5.88. The van der Waals surface area contributed by atoms with E-state index in [0.29, 0.717) is 10.6 Å². The number of alkyl halides is 1. The third kappa shape index (κ3) is 2.12. The van der Waals surface area contributed by atoms with E-state index in [2.05, 4.69) is 20.8 Å². The summed E-state index contributed by atoms with van der Waals surface area (Å²) in [6, 6.07) is 3.96. The van der Waals surface area contributed by atoms with Crippen LogP contribution in [0.3, 0.4) is 0 Å². The van der Waals surface area contributed by atoms with Crippen molar-refractivity contribution in [3.05, 3.63) is 24.2 Å². The quantitative estimate of drug-likeness (QED) is 0.789. The summed E-state index contributed by atoms with van der Waals surface area (Å²) in [7, 11) is 0. The number of halogens is 1. The third-order valence-corrected chi connectivity index (χ3v) is 5.18. The number of nitrogens with zero attached hydrogens (tertiary/aromatic N) is 3. The predicted octanol–water partition coefficient (Wildman–Crippen LogP) is 3.11. The second kappa shape index (κ2) is 4.74. The van der Waals surface area contributed by atoms with E-state index in [9.17, 15) is 0 Å². The van der Waals surface area contributed by atoms with Gasteiger partial charge < -0.3 is 4.57 Å². The Bertz CT molecular complexity index is 562. The van der Waals surface area contributed by atoms with Crippen molar-refractivity contribution in [3.8, 4) is 0 Å². The van der Waals surface area contributed by atoms with Crippen LogP contribution in [-0.4, -0.2) is 31.4 Å². The molecule has 0 unspecified atom stereocenters. The Labute approximate surface area is 116 Å². The summed E-state index contributed by atoms with van der Waals surface area (Å²) in [5, 5.41) is 0. The van der Waals surface area contributed by atoms with Gasteiger partial charge in [-0.3, -0.25) is 0 Å². The number of aryl methyl sites for hydroxylation is 1. The van der Waals surface area contributed by atoms with Crippen LogP contribution in [-0.2, 0) is 13.0 Å². The SMILES string of the molecule is CSC1(Cn2c(CCCl)nc3cccnc32)CC1. The minimum absolute atomic E-state index is 0.409. The molecule has 18 heavy (non-hydrogen) atoms. The van der Waals surface area contributed by atoms with Gasteiger partial charge in [0.2, 0.25) is 0 Å². The number of rotatable bonds is 5. The zero-order valence-electron chi connectivity index (χ0n) is 10.4. The topological polar surface area (TPSA) is 30.7 Å². The number of hydrogen-bond acceptors (Lipinski definition) is 3. The largest absolute Gasteiger partial charge is 0.311 e. The van der Waals surface area contributed by atoms with E-state index in [4.69, 9.17) is 11.6 Å². The minimum atomic E-state index is 0.409. The van der Waals surface area contributed by atoms with Gasteiger partial charge in [0.25, 0.3) is 0 Å². The Hall–Kier alpha value is -0.740. The van der Waals surface area contributed by atoms with E-state index < -0.39 is 0 Å². The van der Waals surface area contributed by atoms with Gasteiger partial charge in [-0.25, -0.2) is 9.97 Å². The fourth-order valence-electron chi connectivity index (χ4n) is 2.30. The first-order valence-electron chi connectivity index (χ1n) is 6.19. The Morgan fingerprint density at radius 1 is 1.50 bits per heavy atom. The second-order valence-electron chi connectivity index (χ2n) is 4.79. The fraction of sp³-hybridized carbons (Fsp3) is 0.538. The zero-order chi connectivity index (χ0) is 12.6. The molecule has 2 heterocycles. The van der Waals surface area contributed by atoms with E-state index in [1.54, 1.807) is 0 Å². The van der Waals surface area contributed by atoms with E-state index in [0.717, 1.165) is 30.0 Å². The lowest BCUT2D eigenvalue weighted by atomic mass is 10.3. The van der Waals surface area contributed by atoms with Crippen molar-refractivity contribution < 1.29 is 0 Å². The summed E-state index contributed by atoms with van der Waals surface area (Å²) in [6.07, 6.45) is 7.43. The lowest BCUT2D eigenvalue weighted by Gasteiger charge is -2.15. The monoisotopic (exact) mass is 281 g/mol. The highest BCUT2D eigenvalue weighted by atomic mass is 35.5. The molecule has 0 N–H and O–H groups in total. The van der Waals surface area contributed by atoms with Gasteiger partial charge in [0, 0.05) is 29.8 Å². The number of hydrogen-bond donors (Lipinski definition) is 0. The van der Waals surface area contributed by atoms with Crippen LogP contribution in [0.15, 0.2) is 18.3 Å². The standard InChI is InChI=1S/C13H16ClN3S/c1-18-13(5-6-13)9-17-11(4-7-14)16-10-3-2-8-15-12(10)17/h2-3,8H,4-7,9H2,1H3. The molecule has 1 aliphatic rings. The molecule has 2 aromatic heterocycles. The van der Waals surface area contributed by atoms with Gasteiger partial charge in [0.1, 0.15) is 11.3 Å². The zero-order valence-corrected chi connectivity index (χ0v) is 12.0. The molecule has 3 rings (SSSR count). The Kier molecular flexibility index (Phi) is 3.24. The van der Waals surface area contributed by atoms with Crippen LogP contribution in [0.4, 0.5) is 0 Å². The highest BCUT2D eigenvalue weighted by Gasteiger charge is 2.42. The van der Waals surface area contributed by atoms with E-state index in [-0.39, 0.29) is 0 Å². The molecule has 0 amide bonds. The first kappa shape index (κ1) is 12.3. The Morgan fingerprint density at radius 3 is 3.00 bits per heavy atom. The summed E-state index contributed by atoms with van der Waals surface area (Å²) < 4.78 is 2.67. The average Bonchev–Trinajstić information content (AvgIpc) is 3.09. The molecule has 0 aromatic carbocycles. The molecule has 0 atom stereocenters. The van der Waals surface area contributed by atoms with Crippen molar-refractivity contribution in [3.63, 3.8) is 0 Å². The minimum Gasteiger partial charge on any atom is -0.311 e. The Morgan fingerprint density at radius 2 is 2.33 bits per heavy atom. The number of fused-ring (bicyclic) bond motifs is 1. The van der Waals surface area contributed by atoms with Crippen LogP contribution >= 0.6 is 23.4 Å². The first-order chi connectivity index (χ1) is 8.78. The van der Waals surface area contributed by atoms with E-state index in [1.807, 2.05) is 30.1 Å². The van der Waals surface area contributed by atoms with E-state index >= 15 is 0 Å². The molecule has 0 spiro atoms. The van der Waals surface area contributed by atoms with Gasteiger partial charge in [-0.05, 0) is 31.2 Å². The molecule has 1 saturated carbocycles. The van der Waals surface area contributed by atoms with E-state index in [1.165, 1.54) is 12.8 Å². The normalized spacial score (nSPS) is 17.2. The maximum Gasteiger partial charge on any atom is 0.160 e. The molecular formula is C13H16ClN3S. The van der Waals surface area contributed by atoms with Crippen LogP contribution in [0.1, 0.15) is 18.7 Å². The molecule has 0 bridgehead atoms. The lowest BCUT2D eigenvalue weighted by molar-refractivity contribution is 0.640. The highest BCUT2D eigenvalue weighted by Crippen LogP contribution is 2.48. The highest BCUT2D eigenvalue weighted by molar-refractivity contribution is 8.00. The van der Waals surface area contributed by atoms with Gasteiger partial charge >= 0.3 is 0 Å². The molecule has 5 heteroatoms. The molecule has 0 saturated heterocycles. The van der Waals surface area contributed by atoms with Crippen molar-refractivity contribution in [2.75, 3.05) is 12.1 Å². The van der Waals surface area contributed by atoms with Gasteiger partial charge in [0.15, 0.2) is 5.65 Å². The number of pyridine rings is 1. The van der Waals surface area contributed by atoms with Crippen molar-refractivity contribution in [2.45, 2.75) is 30.6 Å². The van der Waals surface area contributed by atoms with Crippen LogP contribution in [0.5, 0.6) is 0 Å². The van der Waals surface area contributed by atoms with Crippen molar-refractivity contribution >= 4 is 34.5 Å². The average molecular weight is 282 g/mol. The molecule has 96 valence electrons. The van der Waals surface area contributed by atoms with Gasteiger partial charge in [-0.2, -0.15) is 11.8 Å². The molecule has 0 radical (unpaired) electrons. The van der Waals surface area contributed by atoms with Gasteiger partial charge in [-0.15, -0.1) is 11.6 Å². The maximum absolute atomic E-state index is 5.88. The summed E-state index contributed by atoms with van der Waals surface area (Å²) in [4.78, 5) is 9.13. The summed E-state index contributed by atoms with van der Waals surface area (Å²) >= 11 is 7.84. The van der Waals surface area contributed by atoms with Crippen molar-refractivity contribution in [1.82, 2.24) is 14.5 Å². The number of imidazole rings is 1. The summed E-state index contributed by atoms with van der Waals surface area (Å²) in [6.45, 7) is 1.01. The summed E-state index contributed by atoms with van der Waals surface area (Å²) in [5.41, 5.74) is 1.98. The number of aromatic nitrogens is 3. The molecule has 2 aromatic rings. The second-order valence-corrected chi connectivity index (χ2v) is 6.44. The predicted molar refractivity (Wildman–Crippen MR) is 77.4 cm³/mol. The van der Waals surface area contributed by atoms with Crippen LogP contribution in [0.2, 0.25) is 0 Å². The van der Waals surface area contributed by atoms with Crippen molar-refractivity contribution in [1.29, 1.82) is 0 Å². The smallest absolute Gasteiger partial charge is 0.160 e. The van der Waals surface area contributed by atoms with Crippen LogP contribution < -0.4 is 0 Å². The Balaban J connectivity index is 2.03. The van der Waals surface area contributed by atoms with Crippen LogP contribution in [0, 0.1) is 0 Å². The van der Waals surface area contributed by atoms with Gasteiger partial charge in [-0.1, -0.05) is 0 Å². The molecule has 1 aliphatic carbocycles. The first-order valence-corrected chi connectivity index (χ1v) is 7.95. The molecular weight excluding hydrogens is 266 g/mol. The number of thioether (sulfide) groups is 1. The third-order valence-electron chi connectivity index (χ3n) is 3.59. The molecule has 1 fully saturated rings.